The zero-order valence-corrected chi connectivity index (χ0v) is 11.7. The number of rotatable bonds is 5. The van der Waals surface area contributed by atoms with Gasteiger partial charge in [-0.05, 0) is 36.8 Å². The smallest absolute Gasteiger partial charge is 0.246 e. The molecule has 0 unspecified atom stereocenters. The summed E-state index contributed by atoms with van der Waals surface area (Å²) in [4.78, 5) is 13.2. The van der Waals surface area contributed by atoms with E-state index in [1.165, 1.54) is 23.3 Å². The van der Waals surface area contributed by atoms with Gasteiger partial charge >= 0.3 is 0 Å². The number of hydrogen-bond acceptors (Lipinski definition) is 3. The van der Waals surface area contributed by atoms with Gasteiger partial charge in [-0.1, -0.05) is 18.2 Å². The summed E-state index contributed by atoms with van der Waals surface area (Å²) in [7, 11) is 0. The molecule has 102 valence electrons. The Morgan fingerprint density at radius 1 is 1.32 bits per heavy atom. The molecule has 1 saturated carbocycles. The zero-order valence-electron chi connectivity index (χ0n) is 10.9. The Morgan fingerprint density at radius 2 is 2.16 bits per heavy atom. The van der Waals surface area contributed by atoms with Gasteiger partial charge in [0, 0.05) is 10.6 Å². The van der Waals surface area contributed by atoms with Gasteiger partial charge in [0.15, 0.2) is 0 Å². The fourth-order valence-electron chi connectivity index (χ4n) is 2.33. The van der Waals surface area contributed by atoms with Gasteiger partial charge in [0.05, 0.1) is 12.6 Å². The predicted octanol–water partition coefficient (Wildman–Crippen LogP) is 2.77. The quantitative estimate of drug-likeness (QED) is 0.899. The molecule has 19 heavy (non-hydrogen) atoms. The maximum atomic E-state index is 11.9. The summed E-state index contributed by atoms with van der Waals surface area (Å²) < 4.78 is 5.43. The normalized spacial score (nSPS) is 21.8. The van der Waals surface area contributed by atoms with Crippen LogP contribution in [0.3, 0.4) is 0 Å². The van der Waals surface area contributed by atoms with Crippen LogP contribution in [0.15, 0.2) is 29.2 Å². The minimum absolute atomic E-state index is 0.00681. The first-order chi connectivity index (χ1) is 9.33. The van der Waals surface area contributed by atoms with Crippen molar-refractivity contribution in [1.29, 1.82) is 0 Å². The molecule has 4 heteroatoms. The maximum absolute atomic E-state index is 11.9. The van der Waals surface area contributed by atoms with Crippen molar-refractivity contribution < 1.29 is 9.53 Å². The molecule has 0 aromatic heterocycles. The second kappa shape index (κ2) is 5.97. The Kier molecular flexibility index (Phi) is 4.09. The van der Waals surface area contributed by atoms with Gasteiger partial charge in [0.25, 0.3) is 0 Å². The third-order valence-corrected chi connectivity index (χ3v) is 4.70. The first kappa shape index (κ1) is 13.0. The molecule has 1 atom stereocenters. The van der Waals surface area contributed by atoms with Gasteiger partial charge in [0.2, 0.25) is 5.91 Å². The Bertz CT molecular complexity index is 459. The van der Waals surface area contributed by atoms with Crippen molar-refractivity contribution in [3.8, 4) is 0 Å². The molecule has 0 saturated heterocycles. The molecular formula is C15H19NO2S. The zero-order chi connectivity index (χ0) is 13.1. The highest BCUT2D eigenvalue weighted by Crippen LogP contribution is 2.35. The number of ether oxygens (including phenoxy) is 1. The number of nitrogens with one attached hydrogen (secondary N) is 1. The van der Waals surface area contributed by atoms with Gasteiger partial charge in [0.1, 0.15) is 6.61 Å². The molecule has 1 aromatic carbocycles. The van der Waals surface area contributed by atoms with Crippen molar-refractivity contribution in [2.24, 2.45) is 5.92 Å². The maximum Gasteiger partial charge on any atom is 0.246 e. The highest BCUT2D eigenvalue weighted by atomic mass is 32.2. The van der Waals surface area contributed by atoms with Crippen LogP contribution < -0.4 is 5.32 Å². The first-order valence-electron chi connectivity index (χ1n) is 6.92. The third-order valence-electron chi connectivity index (χ3n) is 3.58. The van der Waals surface area contributed by atoms with E-state index in [4.69, 9.17) is 4.74 Å². The molecule has 1 N–H and O–H groups in total. The van der Waals surface area contributed by atoms with E-state index in [1.54, 1.807) is 0 Å². The second-order valence-corrected chi connectivity index (χ2v) is 6.39. The van der Waals surface area contributed by atoms with E-state index in [0.29, 0.717) is 5.92 Å². The van der Waals surface area contributed by atoms with E-state index >= 15 is 0 Å². The Morgan fingerprint density at radius 3 is 3.00 bits per heavy atom. The van der Waals surface area contributed by atoms with E-state index < -0.39 is 0 Å². The molecule has 3 nitrogen and oxygen atoms in total. The van der Waals surface area contributed by atoms with Crippen LogP contribution in [0.1, 0.15) is 30.9 Å². The van der Waals surface area contributed by atoms with Crippen molar-refractivity contribution in [1.82, 2.24) is 5.32 Å². The number of hydrogen-bond donors (Lipinski definition) is 1. The Balaban J connectivity index is 1.53. The van der Waals surface area contributed by atoms with Gasteiger partial charge < -0.3 is 10.1 Å². The van der Waals surface area contributed by atoms with Crippen molar-refractivity contribution in [2.45, 2.75) is 30.2 Å². The van der Waals surface area contributed by atoms with E-state index in [-0.39, 0.29) is 18.6 Å². The molecule has 0 radical (unpaired) electrons. The fourth-order valence-corrected chi connectivity index (χ4v) is 3.46. The number of thioether (sulfide) groups is 1. The molecule has 1 fully saturated rings. The van der Waals surface area contributed by atoms with E-state index in [2.05, 4.69) is 23.5 Å². The highest BCUT2D eigenvalue weighted by Gasteiger charge is 2.23. The van der Waals surface area contributed by atoms with E-state index in [0.717, 1.165) is 18.8 Å². The average Bonchev–Trinajstić information content (AvgIpc) is 3.23. The summed E-state index contributed by atoms with van der Waals surface area (Å²) in [6, 6.07) is 8.47. The topological polar surface area (TPSA) is 38.3 Å². The summed E-state index contributed by atoms with van der Waals surface area (Å²) in [6.45, 7) is 0.937. The van der Waals surface area contributed by atoms with Crippen LogP contribution in [0.25, 0.3) is 0 Å². The van der Waals surface area contributed by atoms with Gasteiger partial charge in [-0.3, -0.25) is 4.79 Å². The largest absolute Gasteiger partial charge is 0.371 e. The van der Waals surface area contributed by atoms with Crippen molar-refractivity contribution in [3.63, 3.8) is 0 Å². The summed E-state index contributed by atoms with van der Waals surface area (Å²) >= 11 is 1.87. The standard InChI is InChI=1S/C15H19NO2S/c17-15(10-18-9-11-5-6-11)16-13-7-8-19-14-4-2-1-3-12(13)14/h1-4,11,13H,5-10H2,(H,16,17)/t13-/m0/s1. The minimum atomic E-state index is 0.00681. The fraction of sp³-hybridized carbons (Fsp3) is 0.533. The van der Waals surface area contributed by atoms with Crippen molar-refractivity contribution >= 4 is 17.7 Å². The number of carbonyl (C=O) groups is 1. The lowest BCUT2D eigenvalue weighted by molar-refractivity contribution is -0.126. The van der Waals surface area contributed by atoms with Crippen LogP contribution in [0.5, 0.6) is 0 Å². The SMILES string of the molecule is O=C(COCC1CC1)N[C@H]1CCSc2ccccc21. The summed E-state index contributed by atoms with van der Waals surface area (Å²) in [5.41, 5.74) is 1.24. The van der Waals surface area contributed by atoms with Gasteiger partial charge in [-0.25, -0.2) is 0 Å². The van der Waals surface area contributed by atoms with Crippen LogP contribution in [-0.4, -0.2) is 24.9 Å². The molecule has 3 rings (SSSR count). The Hall–Kier alpha value is -1.00. The summed E-state index contributed by atoms with van der Waals surface area (Å²) in [5.74, 6) is 1.78. The predicted molar refractivity (Wildman–Crippen MR) is 76.2 cm³/mol. The molecule has 1 amide bonds. The molecule has 0 bridgehead atoms. The molecule has 1 aliphatic heterocycles. The number of amides is 1. The summed E-state index contributed by atoms with van der Waals surface area (Å²) in [5, 5.41) is 3.09. The molecule has 1 heterocycles. The molecule has 1 aromatic rings. The highest BCUT2D eigenvalue weighted by molar-refractivity contribution is 7.99. The van der Waals surface area contributed by atoms with Crippen molar-refractivity contribution in [3.05, 3.63) is 29.8 Å². The Labute approximate surface area is 118 Å². The molecule has 0 spiro atoms. The molecular weight excluding hydrogens is 258 g/mol. The lowest BCUT2D eigenvalue weighted by atomic mass is 10.0. The number of benzene rings is 1. The monoisotopic (exact) mass is 277 g/mol. The van der Waals surface area contributed by atoms with Gasteiger partial charge in [-0.2, -0.15) is 0 Å². The summed E-state index contributed by atoms with van der Waals surface area (Å²) in [6.07, 6.45) is 3.51. The first-order valence-corrected chi connectivity index (χ1v) is 7.90. The van der Waals surface area contributed by atoms with Crippen LogP contribution in [-0.2, 0) is 9.53 Å². The second-order valence-electron chi connectivity index (χ2n) is 5.25. The molecule has 2 aliphatic rings. The minimum Gasteiger partial charge on any atom is -0.371 e. The van der Waals surface area contributed by atoms with Crippen LogP contribution >= 0.6 is 11.8 Å². The molecule has 1 aliphatic carbocycles. The lowest BCUT2D eigenvalue weighted by Gasteiger charge is -2.25. The van der Waals surface area contributed by atoms with E-state index in [1.807, 2.05) is 17.8 Å². The van der Waals surface area contributed by atoms with Gasteiger partial charge in [-0.15, -0.1) is 11.8 Å². The van der Waals surface area contributed by atoms with Crippen LogP contribution in [0.2, 0.25) is 0 Å². The number of fused-ring (bicyclic) bond motifs is 1. The van der Waals surface area contributed by atoms with Crippen molar-refractivity contribution in [2.75, 3.05) is 19.0 Å². The van der Waals surface area contributed by atoms with Crippen LogP contribution in [0.4, 0.5) is 0 Å². The average molecular weight is 277 g/mol. The van der Waals surface area contributed by atoms with E-state index in [9.17, 15) is 4.79 Å². The third kappa shape index (κ3) is 3.51. The number of carbonyl (C=O) groups excluding carboxylic acids is 1. The lowest BCUT2D eigenvalue weighted by Crippen LogP contribution is -2.33. The van der Waals surface area contributed by atoms with Crippen LogP contribution in [0, 0.1) is 5.92 Å².